The Bertz CT molecular complexity index is 623. The van der Waals surface area contributed by atoms with Gasteiger partial charge in [0.25, 0.3) is 0 Å². The second-order valence-electron chi connectivity index (χ2n) is 7.02. The second kappa shape index (κ2) is 11.8. The number of ether oxygens (including phenoxy) is 4. The van der Waals surface area contributed by atoms with E-state index in [1.807, 2.05) is 19.1 Å². The maximum atomic E-state index is 11.4. The minimum absolute atomic E-state index is 0.000591. The number of hydrogen-bond acceptors (Lipinski definition) is 6. The van der Waals surface area contributed by atoms with Crippen LogP contribution in [0.3, 0.4) is 0 Å². The first-order valence-corrected chi connectivity index (χ1v) is 9.92. The van der Waals surface area contributed by atoms with Gasteiger partial charge in [0.1, 0.15) is 5.75 Å². The fourth-order valence-electron chi connectivity index (χ4n) is 3.28. The van der Waals surface area contributed by atoms with E-state index in [1.165, 1.54) is 7.11 Å². The number of esters is 1. The van der Waals surface area contributed by atoms with Gasteiger partial charge in [-0.25, -0.2) is 4.79 Å². The molecule has 0 saturated carbocycles. The molecular formula is C22H32O6. The van der Waals surface area contributed by atoms with E-state index >= 15 is 0 Å². The molecule has 1 heterocycles. The van der Waals surface area contributed by atoms with E-state index < -0.39 is 12.1 Å². The van der Waals surface area contributed by atoms with Crippen LogP contribution in [0.1, 0.15) is 56.3 Å². The molecule has 1 fully saturated rings. The lowest BCUT2D eigenvalue weighted by Gasteiger charge is -2.26. The van der Waals surface area contributed by atoms with Crippen molar-refractivity contribution in [1.29, 1.82) is 0 Å². The van der Waals surface area contributed by atoms with Crippen LogP contribution >= 0.6 is 0 Å². The molecule has 28 heavy (non-hydrogen) atoms. The van der Waals surface area contributed by atoms with Crippen molar-refractivity contribution in [1.82, 2.24) is 0 Å². The fourth-order valence-corrected chi connectivity index (χ4v) is 3.28. The zero-order valence-electron chi connectivity index (χ0n) is 16.9. The Kier molecular flexibility index (Phi) is 9.47. The third kappa shape index (κ3) is 6.93. The Labute approximate surface area is 167 Å². The molecule has 0 spiro atoms. The maximum absolute atomic E-state index is 11.4. The molecule has 0 aliphatic carbocycles. The minimum atomic E-state index is -0.657. The summed E-state index contributed by atoms with van der Waals surface area (Å²) in [6.07, 6.45) is 5.91. The van der Waals surface area contributed by atoms with E-state index in [0.29, 0.717) is 25.0 Å². The summed E-state index contributed by atoms with van der Waals surface area (Å²) in [5, 5.41) is 10.8. The number of benzene rings is 1. The monoisotopic (exact) mass is 392 g/mol. The van der Waals surface area contributed by atoms with Crippen LogP contribution in [-0.2, 0) is 25.4 Å². The molecule has 1 N–H and O–H groups in total. The number of rotatable bonds is 11. The van der Waals surface area contributed by atoms with Crippen molar-refractivity contribution >= 4 is 5.97 Å². The summed E-state index contributed by atoms with van der Waals surface area (Å²) in [6.45, 7) is 6.37. The van der Waals surface area contributed by atoms with Crippen LogP contribution in [-0.4, -0.2) is 43.8 Å². The molecule has 1 aromatic rings. The number of methoxy groups -OCH3 is 1. The standard InChI is InChI=1S/C22H32O6/c1-4-8-18-17(9-7-10-20(18)27-15-21(24)25-3)19(23)13-12-16(2)28-22-11-5-6-14-26-22/h4,7,9-10,16,19,22-23H,1,5-6,8,11-15H2,2-3H3/t16-,19-,22?/m0/s1. The van der Waals surface area contributed by atoms with E-state index in [0.717, 1.165) is 37.0 Å². The van der Waals surface area contributed by atoms with Gasteiger partial charge < -0.3 is 24.1 Å². The topological polar surface area (TPSA) is 74.2 Å². The first-order valence-electron chi connectivity index (χ1n) is 9.92. The summed E-state index contributed by atoms with van der Waals surface area (Å²) in [7, 11) is 1.32. The van der Waals surface area contributed by atoms with Gasteiger partial charge in [-0.15, -0.1) is 6.58 Å². The van der Waals surface area contributed by atoms with Gasteiger partial charge in [-0.05, 0) is 57.1 Å². The number of carbonyl (C=O) groups is 1. The smallest absolute Gasteiger partial charge is 0.343 e. The van der Waals surface area contributed by atoms with Gasteiger partial charge in [-0.3, -0.25) is 0 Å². The zero-order valence-corrected chi connectivity index (χ0v) is 16.9. The molecular weight excluding hydrogens is 360 g/mol. The lowest BCUT2D eigenvalue weighted by molar-refractivity contribution is -0.186. The third-order valence-corrected chi connectivity index (χ3v) is 4.82. The Morgan fingerprint density at radius 1 is 1.39 bits per heavy atom. The molecule has 1 unspecified atom stereocenters. The molecule has 1 saturated heterocycles. The van der Waals surface area contributed by atoms with E-state index in [4.69, 9.17) is 14.2 Å². The molecule has 1 aliphatic heterocycles. The van der Waals surface area contributed by atoms with E-state index in [1.54, 1.807) is 12.1 Å². The molecule has 1 aliphatic rings. The summed E-state index contributed by atoms with van der Waals surface area (Å²) >= 11 is 0. The van der Waals surface area contributed by atoms with Gasteiger partial charge in [0, 0.05) is 12.2 Å². The van der Waals surface area contributed by atoms with Gasteiger partial charge in [-0.2, -0.15) is 0 Å². The molecule has 6 heteroatoms. The summed E-state index contributed by atoms with van der Waals surface area (Å²) in [5.74, 6) is 0.105. The van der Waals surface area contributed by atoms with Crippen LogP contribution in [0.2, 0.25) is 0 Å². The molecule has 0 aromatic heterocycles. The summed E-state index contributed by atoms with van der Waals surface area (Å²) in [4.78, 5) is 11.4. The Hall–Kier alpha value is -1.89. The number of carbonyl (C=O) groups excluding carboxylic acids is 1. The molecule has 6 nitrogen and oxygen atoms in total. The highest BCUT2D eigenvalue weighted by atomic mass is 16.7. The highest BCUT2D eigenvalue weighted by Crippen LogP contribution is 2.31. The summed E-state index contributed by atoms with van der Waals surface area (Å²) in [6, 6.07) is 5.47. The van der Waals surface area contributed by atoms with E-state index in [9.17, 15) is 9.90 Å². The Morgan fingerprint density at radius 2 is 2.21 bits per heavy atom. The van der Waals surface area contributed by atoms with Crippen molar-refractivity contribution < 1.29 is 28.8 Å². The Balaban J connectivity index is 1.97. The molecule has 156 valence electrons. The summed E-state index contributed by atoms with van der Waals surface area (Å²) < 4.78 is 21.7. The van der Waals surface area contributed by atoms with Crippen molar-refractivity contribution in [2.45, 2.75) is 63.9 Å². The number of hydrogen-bond donors (Lipinski definition) is 1. The normalized spacial score (nSPS) is 18.9. The molecule has 0 radical (unpaired) electrons. The van der Waals surface area contributed by atoms with Crippen LogP contribution < -0.4 is 4.74 Å². The van der Waals surface area contributed by atoms with E-state index in [2.05, 4.69) is 11.3 Å². The first kappa shape index (κ1) is 22.4. The predicted octanol–water partition coefficient (Wildman–Crippen LogP) is 3.71. The first-order chi connectivity index (χ1) is 13.5. The number of aliphatic hydroxyl groups excluding tert-OH is 1. The van der Waals surface area contributed by atoms with Crippen LogP contribution in [0.4, 0.5) is 0 Å². The van der Waals surface area contributed by atoms with E-state index in [-0.39, 0.29) is 19.0 Å². The molecule has 2 rings (SSSR count). The largest absolute Gasteiger partial charge is 0.482 e. The van der Waals surface area contributed by atoms with Gasteiger partial charge in [0.2, 0.25) is 0 Å². The van der Waals surface area contributed by atoms with Gasteiger partial charge in [0.05, 0.1) is 19.3 Å². The highest BCUT2D eigenvalue weighted by molar-refractivity contribution is 5.71. The van der Waals surface area contributed by atoms with Crippen molar-refractivity contribution in [3.63, 3.8) is 0 Å². The predicted molar refractivity (Wildman–Crippen MR) is 106 cm³/mol. The average molecular weight is 392 g/mol. The van der Waals surface area contributed by atoms with Crippen LogP contribution in [0.15, 0.2) is 30.9 Å². The lowest BCUT2D eigenvalue weighted by Crippen LogP contribution is -2.26. The Morgan fingerprint density at radius 3 is 2.89 bits per heavy atom. The average Bonchev–Trinajstić information content (AvgIpc) is 2.71. The maximum Gasteiger partial charge on any atom is 0.343 e. The van der Waals surface area contributed by atoms with Crippen molar-refractivity contribution in [2.24, 2.45) is 0 Å². The molecule has 0 amide bonds. The zero-order chi connectivity index (χ0) is 20.4. The van der Waals surface area contributed by atoms with Crippen LogP contribution in [0.5, 0.6) is 5.75 Å². The minimum Gasteiger partial charge on any atom is -0.482 e. The highest BCUT2D eigenvalue weighted by Gasteiger charge is 2.20. The van der Waals surface area contributed by atoms with Gasteiger partial charge in [-0.1, -0.05) is 18.2 Å². The molecule has 1 aromatic carbocycles. The molecule has 0 bridgehead atoms. The number of aliphatic hydroxyl groups is 1. The van der Waals surface area contributed by atoms with Gasteiger partial charge in [0.15, 0.2) is 12.9 Å². The fraction of sp³-hybridized carbons (Fsp3) is 0.591. The van der Waals surface area contributed by atoms with Crippen molar-refractivity contribution in [3.05, 3.63) is 42.0 Å². The SMILES string of the molecule is C=CCc1c(OCC(=O)OC)cccc1[C@@H](O)CC[C@H](C)OC1CCCCO1. The number of allylic oxidation sites excluding steroid dienone is 1. The second-order valence-corrected chi connectivity index (χ2v) is 7.02. The van der Waals surface area contributed by atoms with Crippen LogP contribution in [0, 0.1) is 0 Å². The van der Waals surface area contributed by atoms with Crippen molar-refractivity contribution in [2.75, 3.05) is 20.3 Å². The van der Waals surface area contributed by atoms with Gasteiger partial charge >= 0.3 is 5.97 Å². The van der Waals surface area contributed by atoms with Crippen molar-refractivity contribution in [3.8, 4) is 5.75 Å². The quantitative estimate of drug-likeness (QED) is 0.457. The molecule has 3 atom stereocenters. The summed E-state index contributed by atoms with van der Waals surface area (Å²) in [5.41, 5.74) is 1.61. The lowest BCUT2D eigenvalue weighted by atomic mass is 9.95. The van der Waals surface area contributed by atoms with Crippen LogP contribution in [0.25, 0.3) is 0 Å². The third-order valence-electron chi connectivity index (χ3n) is 4.82.